The first kappa shape index (κ1) is 24.0. The Balaban J connectivity index is 1.38. The Kier molecular flexibility index (Phi) is 6.27. The number of aromatic nitrogens is 5. The molecule has 4 aromatic rings. The number of halogens is 4. The molecule has 5 rings (SSSR count). The van der Waals surface area contributed by atoms with Crippen molar-refractivity contribution >= 4 is 16.7 Å². The number of hydrogen-bond acceptors (Lipinski definition) is 7. The molecule has 4 aromatic heterocycles. The lowest BCUT2D eigenvalue weighted by Gasteiger charge is -2.29. The Morgan fingerprint density at radius 3 is 2.61 bits per heavy atom. The zero-order valence-electron chi connectivity index (χ0n) is 19.6. The van der Waals surface area contributed by atoms with E-state index in [1.165, 1.54) is 0 Å². The summed E-state index contributed by atoms with van der Waals surface area (Å²) in [5.74, 6) is -0.852. The van der Waals surface area contributed by atoms with Crippen LogP contribution in [0.25, 0.3) is 22.4 Å². The lowest BCUT2D eigenvalue weighted by molar-refractivity contribution is -0.140. The first-order valence-corrected chi connectivity index (χ1v) is 11.7. The van der Waals surface area contributed by atoms with Gasteiger partial charge in [0.15, 0.2) is 11.6 Å². The van der Waals surface area contributed by atoms with Crippen LogP contribution in [0, 0.1) is 12.7 Å². The Bertz CT molecular complexity index is 1370. The molecule has 1 saturated carbocycles. The van der Waals surface area contributed by atoms with Gasteiger partial charge in [0, 0.05) is 36.5 Å². The fraction of sp³-hybridized carbons (Fsp3) is 0.417. The molecule has 1 aliphatic carbocycles. The smallest absolute Gasteiger partial charge is 0.419 e. The zero-order chi connectivity index (χ0) is 25.4. The minimum absolute atomic E-state index is 0.00121. The second kappa shape index (κ2) is 9.40. The molecule has 0 unspecified atom stereocenters. The van der Waals surface area contributed by atoms with Crippen molar-refractivity contribution in [3.05, 3.63) is 47.7 Å². The second-order valence-electron chi connectivity index (χ2n) is 8.77. The molecule has 4 heterocycles. The van der Waals surface area contributed by atoms with Crippen molar-refractivity contribution in [2.75, 3.05) is 11.9 Å². The third kappa shape index (κ3) is 4.59. The Morgan fingerprint density at radius 1 is 1.17 bits per heavy atom. The van der Waals surface area contributed by atoms with Gasteiger partial charge in [0.1, 0.15) is 17.6 Å². The third-order valence-electron chi connectivity index (χ3n) is 6.24. The molecule has 36 heavy (non-hydrogen) atoms. The Morgan fingerprint density at radius 2 is 1.94 bits per heavy atom. The molecule has 1 aliphatic rings. The fourth-order valence-corrected chi connectivity index (χ4v) is 4.54. The molecule has 0 atom stereocenters. The summed E-state index contributed by atoms with van der Waals surface area (Å²) in [7, 11) is 0. The van der Waals surface area contributed by atoms with Gasteiger partial charge in [0.2, 0.25) is 0 Å². The van der Waals surface area contributed by atoms with Gasteiger partial charge in [-0.15, -0.1) is 0 Å². The van der Waals surface area contributed by atoms with E-state index in [9.17, 15) is 17.6 Å². The summed E-state index contributed by atoms with van der Waals surface area (Å²) in [5, 5.41) is 12.8. The molecule has 0 bridgehead atoms. The average Bonchev–Trinajstić information content (AvgIpc) is 3.44. The molecule has 0 aromatic carbocycles. The van der Waals surface area contributed by atoms with Crippen LogP contribution >= 0.6 is 0 Å². The number of nitrogens with one attached hydrogen (secondary N) is 1. The van der Waals surface area contributed by atoms with Crippen LogP contribution in [0.2, 0.25) is 0 Å². The molecule has 0 amide bonds. The van der Waals surface area contributed by atoms with Crippen molar-refractivity contribution in [2.24, 2.45) is 0 Å². The first-order valence-electron chi connectivity index (χ1n) is 11.7. The summed E-state index contributed by atoms with van der Waals surface area (Å²) < 4.78 is 66.4. The highest BCUT2D eigenvalue weighted by molar-refractivity contribution is 5.92. The number of rotatable bonds is 6. The highest BCUT2D eigenvalue weighted by Crippen LogP contribution is 2.38. The van der Waals surface area contributed by atoms with Gasteiger partial charge in [-0.2, -0.15) is 18.3 Å². The molecule has 0 saturated heterocycles. The van der Waals surface area contributed by atoms with E-state index in [-0.39, 0.29) is 6.04 Å². The van der Waals surface area contributed by atoms with Crippen molar-refractivity contribution < 1.29 is 26.8 Å². The molecule has 1 N–H and O–H groups in total. The second-order valence-corrected chi connectivity index (χ2v) is 8.77. The molecule has 0 radical (unpaired) electrons. The Hall–Kier alpha value is -3.70. The molecule has 1 fully saturated rings. The number of alkyl halides is 3. The maximum absolute atomic E-state index is 14.4. The molecule has 8 nitrogen and oxygen atoms in total. The van der Waals surface area contributed by atoms with E-state index in [1.807, 2.05) is 30.7 Å². The van der Waals surface area contributed by atoms with Crippen molar-refractivity contribution in [1.29, 1.82) is 0 Å². The number of nitrogens with zero attached hydrogens (tertiary/aromatic N) is 5. The summed E-state index contributed by atoms with van der Waals surface area (Å²) >= 11 is 0. The predicted octanol–water partition coefficient (Wildman–Crippen LogP) is 5.94. The van der Waals surface area contributed by atoms with Gasteiger partial charge in [-0.3, -0.25) is 4.68 Å². The lowest BCUT2D eigenvalue weighted by Crippen LogP contribution is -2.27. The normalized spacial score (nSPS) is 18.5. The van der Waals surface area contributed by atoms with Crippen LogP contribution in [0.3, 0.4) is 0 Å². The van der Waals surface area contributed by atoms with E-state index >= 15 is 0 Å². The highest BCUT2D eigenvalue weighted by Gasteiger charge is 2.36. The van der Waals surface area contributed by atoms with Crippen LogP contribution in [-0.2, 0) is 6.18 Å². The van der Waals surface area contributed by atoms with Gasteiger partial charge in [-0.05, 0) is 45.6 Å². The summed E-state index contributed by atoms with van der Waals surface area (Å²) in [4.78, 5) is 8.16. The van der Waals surface area contributed by atoms with E-state index in [0.717, 1.165) is 28.6 Å². The van der Waals surface area contributed by atoms with Crippen molar-refractivity contribution in [1.82, 2.24) is 24.9 Å². The van der Waals surface area contributed by atoms with Crippen LogP contribution in [0.4, 0.5) is 23.4 Å². The van der Waals surface area contributed by atoms with Gasteiger partial charge < -0.3 is 14.6 Å². The fourth-order valence-electron chi connectivity index (χ4n) is 4.54. The first-order chi connectivity index (χ1) is 17.2. The highest BCUT2D eigenvalue weighted by atomic mass is 19.4. The maximum atomic E-state index is 14.4. The third-order valence-corrected chi connectivity index (χ3v) is 6.24. The maximum Gasteiger partial charge on any atom is 0.419 e. The summed E-state index contributed by atoms with van der Waals surface area (Å²) in [6.45, 7) is 4.52. The van der Waals surface area contributed by atoms with Crippen molar-refractivity contribution in [3.8, 4) is 17.3 Å². The van der Waals surface area contributed by atoms with E-state index in [1.54, 1.807) is 6.20 Å². The molecular formula is C24H24F4N6O2. The molecular weight excluding hydrogens is 480 g/mol. The van der Waals surface area contributed by atoms with Gasteiger partial charge >= 0.3 is 6.18 Å². The topological polar surface area (TPSA) is 90.9 Å². The van der Waals surface area contributed by atoms with Crippen LogP contribution < -0.4 is 10.1 Å². The summed E-state index contributed by atoms with van der Waals surface area (Å²) in [6, 6.07) is 4.35. The lowest BCUT2D eigenvalue weighted by atomic mass is 9.93. The monoisotopic (exact) mass is 504 g/mol. The van der Waals surface area contributed by atoms with Crippen molar-refractivity contribution in [2.45, 2.75) is 57.9 Å². The largest absolute Gasteiger partial charge is 0.472 e. The van der Waals surface area contributed by atoms with E-state index in [4.69, 9.17) is 14.4 Å². The summed E-state index contributed by atoms with van der Waals surface area (Å²) in [6.07, 6.45) is -0.331. The van der Waals surface area contributed by atoms with Gasteiger partial charge in [-0.1, -0.05) is 5.16 Å². The van der Waals surface area contributed by atoms with Gasteiger partial charge in [0.05, 0.1) is 22.8 Å². The quantitative estimate of drug-likeness (QED) is 0.325. The number of aryl methyl sites for hydroxylation is 1. The average molecular weight is 504 g/mol. The van der Waals surface area contributed by atoms with E-state index < -0.39 is 29.5 Å². The number of pyridine rings is 2. The van der Waals surface area contributed by atoms with E-state index in [2.05, 4.69) is 20.4 Å². The number of anilines is 1. The molecule has 0 aliphatic heterocycles. The van der Waals surface area contributed by atoms with Crippen molar-refractivity contribution in [3.63, 3.8) is 0 Å². The minimum Gasteiger partial charge on any atom is -0.472 e. The predicted molar refractivity (Wildman–Crippen MR) is 123 cm³/mol. The molecule has 190 valence electrons. The number of fused-ring (bicyclic) bond motifs is 1. The number of hydrogen-bond donors (Lipinski definition) is 1. The molecule has 0 spiro atoms. The van der Waals surface area contributed by atoms with Gasteiger partial charge in [0.25, 0.3) is 5.88 Å². The minimum atomic E-state index is -4.82. The number of ether oxygens (including phenoxy) is 1. The SMILES string of the molecule is CCNc1cc2c(cn1)c(-c1cc(C)no1)nn2C1CCC(Oc2nccc(C(F)(F)F)c2F)CC1. The van der Waals surface area contributed by atoms with Crippen LogP contribution in [0.1, 0.15) is 49.9 Å². The van der Waals surface area contributed by atoms with E-state index in [0.29, 0.717) is 49.7 Å². The van der Waals surface area contributed by atoms with Crippen LogP contribution in [0.15, 0.2) is 35.1 Å². The standard InChI is InChI=1S/C24H24F4N6O2/c1-3-29-20-11-18-16(12-31-20)22(19-10-13(2)33-36-19)32-34(18)14-4-6-15(7-5-14)35-23-21(25)17(8-9-30-23)24(26,27)28/h8-12,14-15H,3-7H2,1-2H3,(H,29,31). The summed E-state index contributed by atoms with van der Waals surface area (Å²) in [5.41, 5.74) is 0.859. The zero-order valence-corrected chi connectivity index (χ0v) is 19.6. The van der Waals surface area contributed by atoms with Gasteiger partial charge in [-0.25, -0.2) is 14.4 Å². The van der Waals surface area contributed by atoms with Crippen LogP contribution in [-0.4, -0.2) is 37.6 Å². The Labute approximate surface area is 203 Å². The molecule has 12 heteroatoms. The van der Waals surface area contributed by atoms with Crippen LogP contribution in [0.5, 0.6) is 5.88 Å².